The lowest BCUT2D eigenvalue weighted by Gasteiger charge is -2.20. The number of ether oxygens (including phenoxy) is 1. The van der Waals surface area contributed by atoms with E-state index in [1.54, 1.807) is 13.3 Å². The first-order chi connectivity index (χ1) is 9.08. The molecule has 0 amide bonds. The monoisotopic (exact) mass is 343 g/mol. The Hall–Kier alpha value is -1.04. The first kappa shape index (κ1) is 14.4. The Morgan fingerprint density at radius 2 is 2.21 bits per heavy atom. The summed E-state index contributed by atoms with van der Waals surface area (Å²) in [6.45, 7) is 0. The summed E-state index contributed by atoms with van der Waals surface area (Å²) >= 11 is 9.53. The Labute approximate surface area is 125 Å². The Morgan fingerprint density at radius 1 is 1.47 bits per heavy atom. The second kappa shape index (κ2) is 5.94. The normalized spacial score (nSPS) is 12.5. The third-order valence-corrected chi connectivity index (χ3v) is 3.85. The van der Waals surface area contributed by atoms with E-state index >= 15 is 0 Å². The molecule has 1 aromatic carbocycles. The quantitative estimate of drug-likeness (QED) is 0.926. The van der Waals surface area contributed by atoms with Crippen molar-refractivity contribution < 1.29 is 4.74 Å². The average Bonchev–Trinajstić information content (AvgIpc) is 2.73. The van der Waals surface area contributed by atoms with Gasteiger partial charge in [0.05, 0.1) is 29.5 Å². The van der Waals surface area contributed by atoms with Crippen LogP contribution in [0, 0.1) is 0 Å². The molecule has 0 saturated carbocycles. The number of hydrogen-bond acceptors (Lipinski definition) is 3. The minimum absolute atomic E-state index is 0.0332. The van der Waals surface area contributed by atoms with Crippen molar-refractivity contribution in [3.63, 3.8) is 0 Å². The van der Waals surface area contributed by atoms with Gasteiger partial charge in [-0.2, -0.15) is 5.10 Å². The van der Waals surface area contributed by atoms with Crippen LogP contribution in [0.3, 0.4) is 0 Å². The lowest BCUT2D eigenvalue weighted by molar-refractivity contribution is 0.404. The first-order valence-corrected chi connectivity index (χ1v) is 6.93. The van der Waals surface area contributed by atoms with Gasteiger partial charge >= 0.3 is 0 Å². The van der Waals surface area contributed by atoms with Gasteiger partial charge in [-0.15, -0.1) is 0 Å². The van der Waals surface area contributed by atoms with Gasteiger partial charge in [-0.05, 0) is 35.1 Å². The van der Waals surface area contributed by atoms with E-state index in [-0.39, 0.29) is 6.04 Å². The predicted octanol–water partition coefficient (Wildman–Crippen LogP) is 3.15. The molecule has 0 aliphatic carbocycles. The largest absolute Gasteiger partial charge is 0.496 e. The highest BCUT2D eigenvalue weighted by Crippen LogP contribution is 2.34. The lowest BCUT2D eigenvalue weighted by Crippen LogP contribution is -2.21. The van der Waals surface area contributed by atoms with Crippen LogP contribution in [0.15, 0.2) is 28.9 Å². The Kier molecular flexibility index (Phi) is 4.50. The van der Waals surface area contributed by atoms with Crippen molar-refractivity contribution in [2.24, 2.45) is 7.05 Å². The Bertz CT molecular complexity index is 566. The average molecular weight is 345 g/mol. The molecule has 4 nitrogen and oxygen atoms in total. The van der Waals surface area contributed by atoms with E-state index in [1.807, 2.05) is 37.0 Å². The molecule has 1 unspecified atom stereocenters. The Morgan fingerprint density at radius 3 is 2.74 bits per heavy atom. The third-order valence-electron chi connectivity index (χ3n) is 3.01. The smallest absolute Gasteiger partial charge is 0.125 e. The van der Waals surface area contributed by atoms with Crippen LogP contribution in [0.4, 0.5) is 0 Å². The van der Waals surface area contributed by atoms with Crippen LogP contribution in [-0.4, -0.2) is 23.9 Å². The van der Waals surface area contributed by atoms with Crippen molar-refractivity contribution in [3.8, 4) is 5.75 Å². The summed E-state index contributed by atoms with van der Waals surface area (Å²) in [5.41, 5.74) is 2.04. The van der Waals surface area contributed by atoms with Gasteiger partial charge in [0.1, 0.15) is 5.75 Å². The molecule has 2 rings (SSSR count). The van der Waals surface area contributed by atoms with E-state index in [4.69, 9.17) is 16.3 Å². The number of rotatable bonds is 4. The van der Waals surface area contributed by atoms with Crippen LogP contribution >= 0.6 is 27.5 Å². The first-order valence-electron chi connectivity index (χ1n) is 5.76. The summed E-state index contributed by atoms with van der Waals surface area (Å²) in [4.78, 5) is 0. The molecule has 0 fully saturated rings. The fourth-order valence-electron chi connectivity index (χ4n) is 2.11. The van der Waals surface area contributed by atoms with Gasteiger partial charge in [-0.25, -0.2) is 0 Å². The molecule has 1 N–H and O–H groups in total. The molecule has 6 heteroatoms. The van der Waals surface area contributed by atoms with Crippen LogP contribution in [0.25, 0.3) is 0 Å². The Balaban J connectivity index is 2.54. The van der Waals surface area contributed by atoms with Gasteiger partial charge in [0.15, 0.2) is 0 Å². The van der Waals surface area contributed by atoms with Crippen molar-refractivity contribution in [2.45, 2.75) is 6.04 Å². The molecule has 102 valence electrons. The van der Waals surface area contributed by atoms with Gasteiger partial charge in [0, 0.05) is 17.6 Å². The highest BCUT2D eigenvalue weighted by Gasteiger charge is 2.22. The number of hydrogen-bond donors (Lipinski definition) is 1. The van der Waals surface area contributed by atoms with Gasteiger partial charge in [0.2, 0.25) is 0 Å². The SMILES string of the molecule is CNC(c1ccc(Cl)cc1OC)c1c(Br)cnn1C. The number of nitrogens with zero attached hydrogens (tertiary/aromatic N) is 2. The zero-order valence-corrected chi connectivity index (χ0v) is 13.3. The molecule has 0 aliphatic rings. The molecule has 2 aromatic rings. The molecule has 0 saturated heterocycles. The van der Waals surface area contributed by atoms with E-state index < -0.39 is 0 Å². The second-order valence-electron chi connectivity index (χ2n) is 4.11. The molecule has 19 heavy (non-hydrogen) atoms. The fraction of sp³-hybridized carbons (Fsp3) is 0.308. The van der Waals surface area contributed by atoms with Crippen LogP contribution < -0.4 is 10.1 Å². The van der Waals surface area contributed by atoms with Crippen LogP contribution in [0.1, 0.15) is 17.3 Å². The summed E-state index contributed by atoms with van der Waals surface area (Å²) < 4.78 is 8.20. The number of halogens is 2. The van der Waals surface area contributed by atoms with Gasteiger partial charge in [0.25, 0.3) is 0 Å². The molecule has 1 atom stereocenters. The van der Waals surface area contributed by atoms with E-state index in [0.717, 1.165) is 21.5 Å². The molecule has 1 heterocycles. The van der Waals surface area contributed by atoms with Crippen molar-refractivity contribution in [2.75, 3.05) is 14.2 Å². The van der Waals surface area contributed by atoms with E-state index in [9.17, 15) is 0 Å². The summed E-state index contributed by atoms with van der Waals surface area (Å²) in [6.07, 6.45) is 1.78. The maximum atomic E-state index is 6.00. The van der Waals surface area contributed by atoms with Crippen LogP contribution in [-0.2, 0) is 7.05 Å². The van der Waals surface area contributed by atoms with Gasteiger partial charge in [-0.1, -0.05) is 17.7 Å². The zero-order valence-electron chi connectivity index (χ0n) is 10.9. The lowest BCUT2D eigenvalue weighted by atomic mass is 10.0. The summed E-state index contributed by atoms with van der Waals surface area (Å²) in [6, 6.07) is 5.59. The van der Waals surface area contributed by atoms with Crippen LogP contribution in [0.2, 0.25) is 5.02 Å². The molecule has 0 aliphatic heterocycles. The van der Waals surface area contributed by atoms with Crippen molar-refractivity contribution >= 4 is 27.5 Å². The predicted molar refractivity (Wildman–Crippen MR) is 79.8 cm³/mol. The fourth-order valence-corrected chi connectivity index (χ4v) is 2.85. The standard InChI is InChI=1S/C13H15BrClN3O/c1-16-12(13-10(14)7-17-18(13)2)9-5-4-8(15)6-11(9)19-3/h4-7,12,16H,1-3H3. The number of aromatic nitrogens is 2. The maximum absolute atomic E-state index is 6.00. The summed E-state index contributed by atoms with van der Waals surface area (Å²) in [5.74, 6) is 0.750. The molecular formula is C13H15BrClN3O. The topological polar surface area (TPSA) is 39.1 Å². The molecular weight excluding hydrogens is 330 g/mol. The van der Waals surface area contributed by atoms with Crippen LogP contribution in [0.5, 0.6) is 5.75 Å². The summed E-state index contributed by atoms with van der Waals surface area (Å²) in [5, 5.41) is 8.18. The zero-order chi connectivity index (χ0) is 14.0. The van der Waals surface area contributed by atoms with Crippen molar-refractivity contribution in [1.29, 1.82) is 0 Å². The molecule has 0 spiro atoms. The highest BCUT2D eigenvalue weighted by atomic mass is 79.9. The molecule has 0 bridgehead atoms. The number of nitrogens with one attached hydrogen (secondary N) is 1. The van der Waals surface area contributed by atoms with Gasteiger partial charge in [-0.3, -0.25) is 4.68 Å². The van der Waals surface area contributed by atoms with E-state index in [1.165, 1.54) is 0 Å². The number of aryl methyl sites for hydroxylation is 1. The summed E-state index contributed by atoms with van der Waals surface area (Å²) in [7, 11) is 5.45. The van der Waals surface area contributed by atoms with Crippen molar-refractivity contribution in [1.82, 2.24) is 15.1 Å². The molecule has 0 radical (unpaired) electrons. The number of benzene rings is 1. The number of methoxy groups -OCH3 is 1. The third kappa shape index (κ3) is 2.78. The van der Waals surface area contributed by atoms with E-state index in [2.05, 4.69) is 26.3 Å². The second-order valence-corrected chi connectivity index (χ2v) is 5.40. The van der Waals surface area contributed by atoms with E-state index in [0.29, 0.717) is 5.02 Å². The van der Waals surface area contributed by atoms with Gasteiger partial charge < -0.3 is 10.1 Å². The molecule has 1 aromatic heterocycles. The maximum Gasteiger partial charge on any atom is 0.125 e. The minimum Gasteiger partial charge on any atom is -0.496 e. The highest BCUT2D eigenvalue weighted by molar-refractivity contribution is 9.10. The minimum atomic E-state index is -0.0332. The van der Waals surface area contributed by atoms with Crippen molar-refractivity contribution in [3.05, 3.63) is 45.1 Å².